The molecule has 0 saturated heterocycles. The molecule has 7 heteroatoms. The highest BCUT2D eigenvalue weighted by Crippen LogP contribution is 2.35. The number of ether oxygens (including phenoxy) is 1. The molecule has 0 fully saturated rings. The molecule has 0 saturated carbocycles. The van der Waals surface area contributed by atoms with Crippen molar-refractivity contribution in [1.29, 1.82) is 0 Å². The van der Waals surface area contributed by atoms with Crippen LogP contribution in [0.3, 0.4) is 0 Å². The molecule has 0 spiro atoms. The summed E-state index contributed by atoms with van der Waals surface area (Å²) < 4.78 is 58.0. The number of methoxy groups -OCH3 is 1. The third-order valence-corrected chi connectivity index (χ3v) is 3.09. The number of halogens is 4. The Kier molecular flexibility index (Phi) is 4.37. The topological polar surface area (TPSA) is 42.4 Å². The molecule has 1 aromatic carbocycles. The predicted octanol–water partition coefficient (Wildman–Crippen LogP) is 3.97. The third kappa shape index (κ3) is 3.19. The lowest BCUT2D eigenvalue weighted by atomic mass is 10.0. The van der Waals surface area contributed by atoms with Crippen molar-refractivity contribution in [2.24, 2.45) is 0 Å². The maximum atomic E-state index is 13.9. The van der Waals surface area contributed by atoms with Gasteiger partial charge < -0.3 is 9.84 Å². The van der Waals surface area contributed by atoms with Crippen LogP contribution in [-0.4, -0.2) is 17.2 Å². The molecule has 0 radical (unpaired) electrons. The molecule has 0 bridgehead atoms. The molecule has 1 N–H and O–H groups in total. The minimum absolute atomic E-state index is 0.109. The van der Waals surface area contributed by atoms with Crippen molar-refractivity contribution in [3.05, 3.63) is 47.4 Å². The summed E-state index contributed by atoms with van der Waals surface area (Å²) in [5.41, 5.74) is -1.89. The summed E-state index contributed by atoms with van der Waals surface area (Å²) in [7, 11) is 1.36. The zero-order valence-electron chi connectivity index (χ0n) is 11.8. The lowest BCUT2D eigenvalue weighted by Gasteiger charge is -2.15. The van der Waals surface area contributed by atoms with E-state index in [0.29, 0.717) is 5.75 Å². The number of hydrogen-bond acceptors (Lipinski definition) is 3. The molecule has 22 heavy (non-hydrogen) atoms. The van der Waals surface area contributed by atoms with Gasteiger partial charge in [0, 0.05) is 11.1 Å². The monoisotopic (exact) mass is 315 g/mol. The van der Waals surface area contributed by atoms with E-state index in [2.05, 4.69) is 4.98 Å². The first-order valence-electron chi connectivity index (χ1n) is 6.34. The first kappa shape index (κ1) is 16.2. The number of benzene rings is 1. The van der Waals surface area contributed by atoms with Crippen LogP contribution in [0.25, 0.3) is 11.3 Å². The zero-order valence-corrected chi connectivity index (χ0v) is 11.8. The van der Waals surface area contributed by atoms with E-state index >= 15 is 0 Å². The van der Waals surface area contributed by atoms with Gasteiger partial charge in [-0.3, -0.25) is 0 Å². The third-order valence-electron chi connectivity index (χ3n) is 3.09. The quantitative estimate of drug-likeness (QED) is 0.872. The maximum Gasteiger partial charge on any atom is 0.433 e. The Hall–Kier alpha value is -2.15. The Morgan fingerprint density at radius 2 is 1.86 bits per heavy atom. The standard InChI is InChI=1S/C15H13F4NO2/c1-8(21)10-4-6-13(20-14(10)15(17,18)19)11-7-9(22-2)3-5-12(11)16/h3-8,21H,1-2H3. The summed E-state index contributed by atoms with van der Waals surface area (Å²) in [5, 5.41) is 9.43. The highest BCUT2D eigenvalue weighted by Gasteiger charge is 2.36. The van der Waals surface area contributed by atoms with Crippen molar-refractivity contribution < 1.29 is 27.4 Å². The number of pyridine rings is 1. The Morgan fingerprint density at radius 1 is 1.18 bits per heavy atom. The Bertz CT molecular complexity index is 684. The van der Waals surface area contributed by atoms with Crippen molar-refractivity contribution in [2.75, 3.05) is 7.11 Å². The van der Waals surface area contributed by atoms with Gasteiger partial charge in [0.15, 0.2) is 5.69 Å². The normalized spacial score (nSPS) is 13.0. The van der Waals surface area contributed by atoms with Crippen LogP contribution in [0, 0.1) is 5.82 Å². The van der Waals surface area contributed by atoms with Gasteiger partial charge in [-0.2, -0.15) is 13.2 Å². The maximum absolute atomic E-state index is 13.9. The van der Waals surface area contributed by atoms with Crippen molar-refractivity contribution in [3.8, 4) is 17.0 Å². The van der Waals surface area contributed by atoms with Gasteiger partial charge in [-0.15, -0.1) is 0 Å². The number of aliphatic hydroxyl groups is 1. The molecule has 0 aliphatic carbocycles. The Morgan fingerprint density at radius 3 is 2.41 bits per heavy atom. The SMILES string of the molecule is COc1ccc(F)c(-c2ccc(C(C)O)c(C(F)(F)F)n2)c1. The van der Waals surface area contributed by atoms with E-state index in [1.54, 1.807) is 0 Å². The second-order valence-electron chi connectivity index (χ2n) is 4.65. The van der Waals surface area contributed by atoms with Crippen molar-refractivity contribution in [1.82, 2.24) is 4.98 Å². The van der Waals surface area contributed by atoms with Gasteiger partial charge >= 0.3 is 6.18 Å². The van der Waals surface area contributed by atoms with Crippen molar-refractivity contribution in [2.45, 2.75) is 19.2 Å². The van der Waals surface area contributed by atoms with Crippen LogP contribution in [0.4, 0.5) is 17.6 Å². The summed E-state index contributed by atoms with van der Waals surface area (Å²) in [6, 6.07) is 6.03. The Labute approximate surface area is 124 Å². The van der Waals surface area contributed by atoms with Gasteiger partial charge in [0.05, 0.1) is 18.9 Å². The van der Waals surface area contributed by atoms with Crippen LogP contribution in [0.2, 0.25) is 0 Å². The fourth-order valence-corrected chi connectivity index (χ4v) is 2.01. The van der Waals surface area contributed by atoms with Gasteiger partial charge in [-0.05, 0) is 31.2 Å². The van der Waals surface area contributed by atoms with Gasteiger partial charge in [0.1, 0.15) is 11.6 Å². The van der Waals surface area contributed by atoms with Gasteiger partial charge in [-0.1, -0.05) is 6.07 Å². The van der Waals surface area contributed by atoms with Crippen LogP contribution < -0.4 is 4.74 Å². The van der Waals surface area contributed by atoms with Crippen LogP contribution >= 0.6 is 0 Å². The van der Waals surface area contributed by atoms with Crippen molar-refractivity contribution >= 4 is 0 Å². The molecule has 118 valence electrons. The van der Waals surface area contributed by atoms with Crippen LogP contribution in [-0.2, 0) is 6.18 Å². The summed E-state index contributed by atoms with van der Waals surface area (Å²) in [4.78, 5) is 3.49. The molecular weight excluding hydrogens is 302 g/mol. The van der Waals surface area contributed by atoms with Crippen molar-refractivity contribution in [3.63, 3.8) is 0 Å². The van der Waals surface area contributed by atoms with E-state index < -0.39 is 23.8 Å². The lowest BCUT2D eigenvalue weighted by molar-refractivity contribution is -0.142. The summed E-state index contributed by atoms with van der Waals surface area (Å²) in [6.45, 7) is 1.21. The molecule has 2 rings (SSSR count). The van der Waals surface area contributed by atoms with Crippen LogP contribution in [0.5, 0.6) is 5.75 Å². The molecule has 1 atom stereocenters. The number of aliphatic hydroxyl groups excluding tert-OH is 1. The summed E-state index contributed by atoms with van der Waals surface area (Å²) in [5.74, 6) is -0.419. The van der Waals surface area contributed by atoms with E-state index in [1.165, 1.54) is 32.2 Å². The van der Waals surface area contributed by atoms with Gasteiger partial charge in [0.2, 0.25) is 0 Å². The van der Waals surface area contributed by atoms with Crippen LogP contribution in [0.1, 0.15) is 24.3 Å². The first-order valence-corrected chi connectivity index (χ1v) is 6.34. The molecule has 3 nitrogen and oxygen atoms in total. The second-order valence-corrected chi connectivity index (χ2v) is 4.65. The predicted molar refractivity (Wildman–Crippen MR) is 71.8 cm³/mol. The highest BCUT2D eigenvalue weighted by molar-refractivity contribution is 5.62. The molecule has 1 unspecified atom stereocenters. The van der Waals surface area contributed by atoms with Gasteiger partial charge in [-0.25, -0.2) is 9.37 Å². The minimum atomic E-state index is -4.75. The minimum Gasteiger partial charge on any atom is -0.497 e. The number of nitrogens with zero attached hydrogens (tertiary/aromatic N) is 1. The first-order chi connectivity index (χ1) is 10.2. The molecular formula is C15H13F4NO2. The zero-order chi connectivity index (χ0) is 16.5. The average molecular weight is 315 g/mol. The molecule has 2 aromatic rings. The fraction of sp³-hybridized carbons (Fsp3) is 0.267. The second kappa shape index (κ2) is 5.92. The number of aromatic nitrogens is 1. The van der Waals surface area contributed by atoms with E-state index in [0.717, 1.165) is 12.1 Å². The molecule has 0 aliphatic heterocycles. The number of rotatable bonds is 3. The lowest BCUT2D eigenvalue weighted by Crippen LogP contribution is -2.14. The fourth-order valence-electron chi connectivity index (χ4n) is 2.01. The number of hydrogen-bond donors (Lipinski definition) is 1. The number of alkyl halides is 3. The van der Waals surface area contributed by atoms with E-state index in [4.69, 9.17) is 4.74 Å². The highest BCUT2D eigenvalue weighted by atomic mass is 19.4. The van der Waals surface area contributed by atoms with Crippen LogP contribution in [0.15, 0.2) is 30.3 Å². The molecule has 0 aliphatic rings. The smallest absolute Gasteiger partial charge is 0.433 e. The van der Waals surface area contributed by atoms with Gasteiger partial charge in [0.25, 0.3) is 0 Å². The Balaban J connectivity index is 2.63. The molecule has 0 amide bonds. The van der Waals surface area contributed by atoms with E-state index in [-0.39, 0.29) is 16.8 Å². The van der Waals surface area contributed by atoms with E-state index in [1.807, 2.05) is 0 Å². The summed E-state index contributed by atoms with van der Waals surface area (Å²) >= 11 is 0. The molecule has 1 aromatic heterocycles. The van der Waals surface area contributed by atoms with E-state index in [9.17, 15) is 22.7 Å². The summed E-state index contributed by atoms with van der Waals surface area (Å²) in [6.07, 6.45) is -6.09. The average Bonchev–Trinajstić information content (AvgIpc) is 2.46. The molecule has 1 heterocycles. The largest absolute Gasteiger partial charge is 0.497 e.